The number of carbonyl (C=O) groups is 1. The molecule has 1 amide bonds. The zero-order valence-electron chi connectivity index (χ0n) is 5.85. The van der Waals surface area contributed by atoms with E-state index in [0.717, 1.165) is 13.0 Å². The van der Waals surface area contributed by atoms with E-state index in [1.54, 1.807) is 0 Å². The number of rotatable bonds is 1. The first-order chi connectivity index (χ1) is 4.22. The first-order valence-electron chi connectivity index (χ1n) is 3.16. The fourth-order valence-electron chi connectivity index (χ4n) is 1.07. The van der Waals surface area contributed by atoms with E-state index in [1.165, 1.54) is 0 Å². The van der Waals surface area contributed by atoms with Gasteiger partial charge in [0.05, 0.1) is 6.04 Å². The maximum atomic E-state index is 10.9. The third-order valence-corrected chi connectivity index (χ3v) is 1.64. The zero-order chi connectivity index (χ0) is 6.85. The van der Waals surface area contributed by atoms with Crippen molar-refractivity contribution in [2.24, 2.45) is 0 Å². The Labute approximate surface area is 55.0 Å². The summed E-state index contributed by atoms with van der Waals surface area (Å²) in [4.78, 5) is 12.8. The van der Waals surface area contributed by atoms with Crippen molar-refractivity contribution in [3.63, 3.8) is 0 Å². The van der Waals surface area contributed by atoms with Gasteiger partial charge in [0.1, 0.15) is 0 Å². The summed E-state index contributed by atoms with van der Waals surface area (Å²) in [6.45, 7) is 0.835. The van der Waals surface area contributed by atoms with E-state index in [0.29, 0.717) is 0 Å². The third-order valence-electron chi connectivity index (χ3n) is 1.64. The van der Waals surface area contributed by atoms with Crippen LogP contribution < -0.4 is 5.32 Å². The highest BCUT2D eigenvalue weighted by Crippen LogP contribution is 2.04. The molecule has 0 aromatic rings. The van der Waals surface area contributed by atoms with Gasteiger partial charge in [-0.25, -0.2) is 0 Å². The molecule has 0 spiro atoms. The topological polar surface area (TPSA) is 32.3 Å². The summed E-state index contributed by atoms with van der Waals surface area (Å²) in [5.74, 6) is 0.167. The van der Waals surface area contributed by atoms with Crippen molar-refractivity contribution in [1.82, 2.24) is 10.2 Å². The molecule has 1 saturated heterocycles. The Hall–Kier alpha value is -0.570. The van der Waals surface area contributed by atoms with Crippen molar-refractivity contribution in [3.8, 4) is 0 Å². The molecule has 0 unspecified atom stereocenters. The summed E-state index contributed by atoms with van der Waals surface area (Å²) in [6, 6.07) is 0.116. The Morgan fingerprint density at radius 1 is 1.67 bits per heavy atom. The van der Waals surface area contributed by atoms with E-state index in [9.17, 15) is 4.79 Å². The monoisotopic (exact) mass is 128 g/mol. The van der Waals surface area contributed by atoms with Gasteiger partial charge in [-0.3, -0.25) is 9.69 Å². The van der Waals surface area contributed by atoms with Gasteiger partial charge in [-0.2, -0.15) is 0 Å². The highest BCUT2D eigenvalue weighted by Gasteiger charge is 2.25. The minimum absolute atomic E-state index is 0.116. The van der Waals surface area contributed by atoms with Gasteiger partial charge in [0.2, 0.25) is 5.91 Å². The van der Waals surface area contributed by atoms with Crippen LogP contribution >= 0.6 is 0 Å². The molecule has 9 heavy (non-hydrogen) atoms. The Morgan fingerprint density at radius 3 is 2.56 bits per heavy atom. The quantitative estimate of drug-likeness (QED) is 0.513. The van der Waals surface area contributed by atoms with Crippen LogP contribution in [0.1, 0.15) is 6.42 Å². The Bertz CT molecular complexity index is 122. The average molecular weight is 128 g/mol. The summed E-state index contributed by atoms with van der Waals surface area (Å²) in [5.41, 5.74) is 0. The molecule has 3 nitrogen and oxygen atoms in total. The molecule has 1 fully saturated rings. The van der Waals surface area contributed by atoms with E-state index in [4.69, 9.17) is 0 Å². The van der Waals surface area contributed by atoms with Crippen LogP contribution in [0.4, 0.5) is 0 Å². The summed E-state index contributed by atoms with van der Waals surface area (Å²) < 4.78 is 0. The number of nitrogens with one attached hydrogen (secondary N) is 1. The van der Waals surface area contributed by atoms with E-state index < -0.39 is 0 Å². The molecule has 0 aliphatic carbocycles. The third kappa shape index (κ3) is 1.21. The summed E-state index contributed by atoms with van der Waals surface area (Å²) in [5, 5.41) is 2.77. The Morgan fingerprint density at radius 2 is 2.33 bits per heavy atom. The molecule has 0 bridgehead atoms. The molecule has 0 aromatic carbocycles. The van der Waals surface area contributed by atoms with Gasteiger partial charge in [0.15, 0.2) is 0 Å². The van der Waals surface area contributed by atoms with Crippen molar-refractivity contribution in [2.75, 3.05) is 20.6 Å². The van der Waals surface area contributed by atoms with Crippen LogP contribution in [0, 0.1) is 0 Å². The number of likely N-dealkylation sites (N-methyl/N-ethyl adjacent to an activating group) is 1. The van der Waals surface area contributed by atoms with E-state index in [2.05, 4.69) is 5.32 Å². The van der Waals surface area contributed by atoms with E-state index >= 15 is 0 Å². The number of nitrogens with zero attached hydrogens (tertiary/aromatic N) is 1. The minimum atomic E-state index is 0.116. The first-order valence-corrected chi connectivity index (χ1v) is 3.16. The molecular weight excluding hydrogens is 116 g/mol. The van der Waals surface area contributed by atoms with Crippen LogP contribution in [-0.4, -0.2) is 37.5 Å². The second-order valence-corrected chi connectivity index (χ2v) is 2.56. The normalized spacial score (nSPS) is 27.0. The Balaban J connectivity index is 2.49. The van der Waals surface area contributed by atoms with Crippen LogP contribution in [0.15, 0.2) is 0 Å². The summed E-state index contributed by atoms with van der Waals surface area (Å²) in [7, 11) is 3.85. The molecule has 1 heterocycles. The van der Waals surface area contributed by atoms with Gasteiger partial charge in [-0.15, -0.1) is 0 Å². The minimum Gasteiger partial charge on any atom is -0.355 e. The summed E-state index contributed by atoms with van der Waals surface area (Å²) >= 11 is 0. The second kappa shape index (κ2) is 2.35. The van der Waals surface area contributed by atoms with Crippen molar-refractivity contribution in [2.45, 2.75) is 12.5 Å². The van der Waals surface area contributed by atoms with E-state index in [1.807, 2.05) is 19.0 Å². The van der Waals surface area contributed by atoms with Crippen molar-refractivity contribution in [1.29, 1.82) is 0 Å². The SMILES string of the molecule is CN(C)[C@@H]1CCNC1=O. The molecule has 1 N–H and O–H groups in total. The molecule has 0 aromatic heterocycles. The predicted molar refractivity (Wildman–Crippen MR) is 35.1 cm³/mol. The predicted octanol–water partition coefficient (Wildman–Crippen LogP) is -0.563. The molecule has 1 aliphatic rings. The molecular formula is C6H12N2O. The van der Waals surface area contributed by atoms with Gasteiger partial charge < -0.3 is 5.32 Å². The largest absolute Gasteiger partial charge is 0.355 e. The molecule has 1 aliphatic heterocycles. The van der Waals surface area contributed by atoms with Gasteiger partial charge in [0, 0.05) is 6.54 Å². The highest BCUT2D eigenvalue weighted by atomic mass is 16.2. The molecule has 0 radical (unpaired) electrons. The van der Waals surface area contributed by atoms with Crippen molar-refractivity contribution < 1.29 is 4.79 Å². The van der Waals surface area contributed by atoms with Crippen LogP contribution in [0.5, 0.6) is 0 Å². The standard InChI is InChI=1S/C6H12N2O/c1-8(2)5-3-4-7-6(5)9/h5H,3-4H2,1-2H3,(H,7,9)/t5-/m1/s1. The smallest absolute Gasteiger partial charge is 0.237 e. The highest BCUT2D eigenvalue weighted by molar-refractivity contribution is 5.83. The fourth-order valence-corrected chi connectivity index (χ4v) is 1.07. The molecule has 3 heteroatoms. The lowest BCUT2D eigenvalue weighted by Crippen LogP contribution is -2.34. The number of amides is 1. The zero-order valence-corrected chi connectivity index (χ0v) is 5.85. The van der Waals surface area contributed by atoms with Crippen LogP contribution in [0.2, 0.25) is 0 Å². The fraction of sp³-hybridized carbons (Fsp3) is 0.833. The molecule has 1 atom stereocenters. The second-order valence-electron chi connectivity index (χ2n) is 2.56. The maximum absolute atomic E-state index is 10.9. The lowest BCUT2D eigenvalue weighted by molar-refractivity contribution is -0.122. The van der Waals surface area contributed by atoms with Crippen LogP contribution in [0.3, 0.4) is 0 Å². The van der Waals surface area contributed by atoms with Gasteiger partial charge in [0.25, 0.3) is 0 Å². The van der Waals surface area contributed by atoms with Gasteiger partial charge in [-0.1, -0.05) is 0 Å². The van der Waals surface area contributed by atoms with Crippen molar-refractivity contribution in [3.05, 3.63) is 0 Å². The lowest BCUT2D eigenvalue weighted by Gasteiger charge is -2.14. The summed E-state index contributed by atoms with van der Waals surface area (Å²) in [6.07, 6.45) is 0.950. The number of hydrogen-bond acceptors (Lipinski definition) is 2. The maximum Gasteiger partial charge on any atom is 0.237 e. The number of carbonyl (C=O) groups excluding carboxylic acids is 1. The van der Waals surface area contributed by atoms with Gasteiger partial charge in [-0.05, 0) is 20.5 Å². The van der Waals surface area contributed by atoms with E-state index in [-0.39, 0.29) is 11.9 Å². The Kier molecular flexibility index (Phi) is 1.71. The average Bonchev–Trinajstić information content (AvgIpc) is 2.13. The van der Waals surface area contributed by atoms with Crippen molar-refractivity contribution >= 4 is 5.91 Å². The molecule has 1 rings (SSSR count). The van der Waals surface area contributed by atoms with Crippen LogP contribution in [-0.2, 0) is 4.79 Å². The van der Waals surface area contributed by atoms with Gasteiger partial charge >= 0.3 is 0 Å². The molecule has 0 saturated carbocycles. The molecule has 52 valence electrons. The lowest BCUT2D eigenvalue weighted by atomic mass is 10.2. The number of hydrogen-bond donors (Lipinski definition) is 1. The first kappa shape index (κ1) is 6.55. The van der Waals surface area contributed by atoms with Crippen LogP contribution in [0.25, 0.3) is 0 Å².